The maximum atomic E-state index is 6.10. The molecule has 0 unspecified atom stereocenters. The zero-order valence-electron chi connectivity index (χ0n) is 19.4. The van der Waals surface area contributed by atoms with Gasteiger partial charge in [0.15, 0.2) is 0 Å². The van der Waals surface area contributed by atoms with Gasteiger partial charge in [-0.15, -0.1) is 0 Å². The summed E-state index contributed by atoms with van der Waals surface area (Å²) in [6, 6.07) is 0. The van der Waals surface area contributed by atoms with Crippen molar-refractivity contribution in [3.8, 4) is 0 Å². The van der Waals surface area contributed by atoms with Crippen molar-refractivity contribution in [3.63, 3.8) is 0 Å². The van der Waals surface area contributed by atoms with Crippen LogP contribution in [0, 0.1) is 5.41 Å². The van der Waals surface area contributed by atoms with E-state index >= 15 is 0 Å². The molecule has 0 rings (SSSR count). The van der Waals surface area contributed by atoms with Gasteiger partial charge < -0.3 is 19.5 Å². The first-order valence-electron chi connectivity index (χ1n) is 10.2. The Labute approximate surface area is 163 Å². The van der Waals surface area contributed by atoms with E-state index in [2.05, 4.69) is 74.6 Å². The van der Waals surface area contributed by atoms with Gasteiger partial charge in [0, 0.05) is 25.3 Å². The average molecular weight is 374 g/mol. The van der Waals surface area contributed by atoms with Crippen LogP contribution in [0.15, 0.2) is 0 Å². The van der Waals surface area contributed by atoms with Gasteiger partial charge in [-0.05, 0) is 73.1 Å². The second kappa shape index (κ2) is 11.0. The van der Waals surface area contributed by atoms with E-state index in [9.17, 15) is 0 Å². The highest BCUT2D eigenvalue weighted by molar-refractivity contribution is 4.73. The minimum absolute atomic E-state index is 0.142. The van der Waals surface area contributed by atoms with Gasteiger partial charge in [0.25, 0.3) is 0 Å². The molecule has 0 aliphatic heterocycles. The smallest absolute Gasteiger partial charge is 0.0648 e. The summed E-state index contributed by atoms with van der Waals surface area (Å²) in [7, 11) is 0. The Morgan fingerprint density at radius 1 is 0.577 bits per heavy atom. The maximum Gasteiger partial charge on any atom is 0.0648 e. The van der Waals surface area contributed by atoms with E-state index in [1.807, 2.05) is 0 Å². The fourth-order valence-corrected chi connectivity index (χ4v) is 2.27. The van der Waals surface area contributed by atoms with Crippen molar-refractivity contribution in [2.45, 2.75) is 105 Å². The molecular weight excluding hydrogens is 326 g/mol. The molecule has 0 aromatic heterocycles. The lowest BCUT2D eigenvalue weighted by atomic mass is 9.93. The first-order valence-corrected chi connectivity index (χ1v) is 10.2. The molecule has 4 heteroatoms. The normalized spacial score (nSPS) is 14.1. The molecule has 0 fully saturated rings. The van der Waals surface area contributed by atoms with E-state index < -0.39 is 0 Å². The lowest BCUT2D eigenvalue weighted by molar-refractivity contribution is -0.0833. The van der Waals surface area contributed by atoms with Crippen molar-refractivity contribution < 1.29 is 14.2 Å². The molecule has 0 aromatic rings. The first-order chi connectivity index (χ1) is 11.6. The molecule has 0 saturated heterocycles. The quantitative estimate of drug-likeness (QED) is 0.451. The van der Waals surface area contributed by atoms with E-state index in [1.54, 1.807) is 0 Å². The summed E-state index contributed by atoms with van der Waals surface area (Å²) in [6.07, 6.45) is 2.87. The van der Waals surface area contributed by atoms with Gasteiger partial charge in [-0.1, -0.05) is 20.8 Å². The predicted molar refractivity (Wildman–Crippen MR) is 112 cm³/mol. The Morgan fingerprint density at radius 2 is 1.04 bits per heavy atom. The van der Waals surface area contributed by atoms with E-state index in [-0.39, 0.29) is 16.7 Å². The molecular formula is C22H47NO3. The van der Waals surface area contributed by atoms with Crippen LogP contribution in [-0.2, 0) is 14.2 Å². The molecule has 0 bridgehead atoms. The van der Waals surface area contributed by atoms with Crippen molar-refractivity contribution >= 4 is 0 Å². The third kappa shape index (κ3) is 17.3. The van der Waals surface area contributed by atoms with Gasteiger partial charge in [0.2, 0.25) is 0 Å². The summed E-state index contributed by atoms with van der Waals surface area (Å²) in [6.45, 7) is 25.7. The van der Waals surface area contributed by atoms with Crippen LogP contribution in [0.5, 0.6) is 0 Å². The monoisotopic (exact) mass is 373 g/mol. The summed E-state index contributed by atoms with van der Waals surface area (Å²) in [5.41, 5.74) is 0.153. The minimum atomic E-state index is -0.168. The lowest BCUT2D eigenvalue weighted by Gasteiger charge is -2.30. The molecule has 0 spiro atoms. The molecule has 0 atom stereocenters. The summed E-state index contributed by atoms with van der Waals surface area (Å²) >= 11 is 0. The van der Waals surface area contributed by atoms with Crippen molar-refractivity contribution in [1.29, 1.82) is 0 Å². The molecule has 0 heterocycles. The second-order valence-corrected chi connectivity index (χ2v) is 10.8. The third-order valence-electron chi connectivity index (χ3n) is 4.29. The van der Waals surface area contributed by atoms with Crippen LogP contribution in [0.2, 0.25) is 0 Å². The number of rotatable bonds is 13. The molecule has 26 heavy (non-hydrogen) atoms. The molecule has 158 valence electrons. The van der Waals surface area contributed by atoms with Crippen LogP contribution >= 0.6 is 0 Å². The van der Waals surface area contributed by atoms with Crippen molar-refractivity contribution in [3.05, 3.63) is 0 Å². The Balaban J connectivity index is 3.87. The summed E-state index contributed by atoms with van der Waals surface area (Å²) in [5.74, 6) is 0. The standard InChI is InChI=1S/C22H47NO3/c1-19(2,3)11-16-25-22(9,10)13-17-26-21(7,8)12-15-24-18-14-23-20(4,5)6/h23H,11-18H2,1-10H3. The Hall–Kier alpha value is -0.160. The molecule has 0 amide bonds. The highest BCUT2D eigenvalue weighted by Gasteiger charge is 2.23. The van der Waals surface area contributed by atoms with Gasteiger partial charge in [0.05, 0.1) is 24.4 Å². The summed E-state index contributed by atoms with van der Waals surface area (Å²) in [4.78, 5) is 0. The van der Waals surface area contributed by atoms with Crippen LogP contribution in [-0.4, -0.2) is 49.7 Å². The number of nitrogens with one attached hydrogen (secondary N) is 1. The SMILES string of the molecule is CC(C)(C)CCOC(C)(C)CCOC(C)(C)CCOCCNC(C)(C)C. The molecule has 4 nitrogen and oxygen atoms in total. The van der Waals surface area contributed by atoms with Crippen LogP contribution in [0.1, 0.15) is 88.5 Å². The van der Waals surface area contributed by atoms with E-state index in [0.717, 1.165) is 45.6 Å². The second-order valence-electron chi connectivity index (χ2n) is 10.8. The Morgan fingerprint density at radius 3 is 1.50 bits per heavy atom. The summed E-state index contributed by atoms with van der Waals surface area (Å²) in [5, 5.41) is 3.43. The van der Waals surface area contributed by atoms with Crippen molar-refractivity contribution in [2.24, 2.45) is 5.41 Å². The van der Waals surface area contributed by atoms with E-state index in [0.29, 0.717) is 12.0 Å². The minimum Gasteiger partial charge on any atom is -0.380 e. The van der Waals surface area contributed by atoms with Gasteiger partial charge in [-0.3, -0.25) is 0 Å². The van der Waals surface area contributed by atoms with Gasteiger partial charge in [-0.2, -0.15) is 0 Å². The lowest BCUT2D eigenvalue weighted by Crippen LogP contribution is -2.38. The molecule has 0 aromatic carbocycles. The predicted octanol–water partition coefficient (Wildman–Crippen LogP) is 5.20. The van der Waals surface area contributed by atoms with Crippen LogP contribution in [0.25, 0.3) is 0 Å². The summed E-state index contributed by atoms with van der Waals surface area (Å²) < 4.78 is 17.9. The fourth-order valence-electron chi connectivity index (χ4n) is 2.27. The maximum absolute atomic E-state index is 6.10. The number of ether oxygens (including phenoxy) is 3. The van der Waals surface area contributed by atoms with E-state index in [1.165, 1.54) is 0 Å². The van der Waals surface area contributed by atoms with E-state index in [4.69, 9.17) is 14.2 Å². The van der Waals surface area contributed by atoms with Crippen LogP contribution < -0.4 is 5.32 Å². The average Bonchev–Trinajstić information content (AvgIpc) is 2.39. The van der Waals surface area contributed by atoms with Crippen LogP contribution in [0.3, 0.4) is 0 Å². The Bertz CT molecular complexity index is 365. The first kappa shape index (κ1) is 25.8. The molecule has 1 N–H and O–H groups in total. The Kier molecular flexibility index (Phi) is 10.9. The highest BCUT2D eigenvalue weighted by atomic mass is 16.5. The highest BCUT2D eigenvalue weighted by Crippen LogP contribution is 2.23. The molecule has 0 radical (unpaired) electrons. The van der Waals surface area contributed by atoms with Gasteiger partial charge in [-0.25, -0.2) is 0 Å². The third-order valence-corrected chi connectivity index (χ3v) is 4.29. The van der Waals surface area contributed by atoms with Crippen molar-refractivity contribution in [1.82, 2.24) is 5.32 Å². The van der Waals surface area contributed by atoms with Gasteiger partial charge in [0.1, 0.15) is 0 Å². The largest absolute Gasteiger partial charge is 0.380 e. The van der Waals surface area contributed by atoms with Crippen molar-refractivity contribution in [2.75, 3.05) is 33.0 Å². The zero-order valence-corrected chi connectivity index (χ0v) is 19.4. The number of hydrogen-bond donors (Lipinski definition) is 1. The topological polar surface area (TPSA) is 39.7 Å². The molecule has 0 aliphatic rings. The number of hydrogen-bond acceptors (Lipinski definition) is 4. The fraction of sp³-hybridized carbons (Fsp3) is 1.00. The molecule has 0 saturated carbocycles. The zero-order chi connectivity index (χ0) is 20.5. The molecule has 0 aliphatic carbocycles. The van der Waals surface area contributed by atoms with Gasteiger partial charge >= 0.3 is 0 Å². The van der Waals surface area contributed by atoms with Crippen LogP contribution in [0.4, 0.5) is 0 Å².